The van der Waals surface area contributed by atoms with Crippen LogP contribution in [-0.2, 0) is 14.3 Å². The molecule has 9 nitrogen and oxygen atoms in total. The molecule has 2 aromatic carbocycles. The molecule has 182 valence electrons. The van der Waals surface area contributed by atoms with Crippen LogP contribution in [0.4, 0.5) is 17.1 Å². The average molecular weight is 470 g/mol. The van der Waals surface area contributed by atoms with Crippen LogP contribution in [0.1, 0.15) is 61.0 Å². The van der Waals surface area contributed by atoms with Gasteiger partial charge in [0.2, 0.25) is 0 Å². The summed E-state index contributed by atoms with van der Waals surface area (Å²) < 4.78 is 10.7. The molecule has 1 fully saturated rings. The summed E-state index contributed by atoms with van der Waals surface area (Å²) in [5.41, 5.74) is 3.08. The Balaban J connectivity index is 1.78. The number of amides is 1. The van der Waals surface area contributed by atoms with E-state index in [2.05, 4.69) is 5.32 Å². The van der Waals surface area contributed by atoms with Crippen molar-refractivity contribution in [3.8, 4) is 0 Å². The number of nitro benzene ring substituents is 1. The van der Waals surface area contributed by atoms with Crippen molar-refractivity contribution in [2.75, 3.05) is 43.1 Å². The third-order valence-corrected chi connectivity index (χ3v) is 5.73. The number of carbonyl (C=O) groups excluding carboxylic acids is 2. The lowest BCUT2D eigenvalue weighted by molar-refractivity contribution is -0.384. The number of anilines is 2. The van der Waals surface area contributed by atoms with Crippen LogP contribution in [0.3, 0.4) is 0 Å². The zero-order chi connectivity index (χ0) is 24.8. The van der Waals surface area contributed by atoms with Gasteiger partial charge in [-0.05, 0) is 29.0 Å². The number of rotatable bonds is 8. The Morgan fingerprint density at radius 2 is 1.71 bits per heavy atom. The first-order chi connectivity index (χ1) is 16.2. The Hall–Kier alpha value is -3.46. The first-order valence-corrected chi connectivity index (χ1v) is 11.4. The zero-order valence-corrected chi connectivity index (χ0v) is 20.0. The highest BCUT2D eigenvalue weighted by Crippen LogP contribution is 2.32. The van der Waals surface area contributed by atoms with E-state index in [0.717, 1.165) is 16.8 Å². The molecule has 1 amide bonds. The number of ether oxygens (including phenoxy) is 2. The summed E-state index contributed by atoms with van der Waals surface area (Å²) in [5.74, 6) is -0.877. The van der Waals surface area contributed by atoms with Crippen molar-refractivity contribution in [1.82, 2.24) is 0 Å². The summed E-state index contributed by atoms with van der Waals surface area (Å²) in [7, 11) is 0. The number of nitrogens with one attached hydrogen (secondary N) is 1. The Kier molecular flexibility index (Phi) is 8.22. The maximum atomic E-state index is 12.9. The van der Waals surface area contributed by atoms with Gasteiger partial charge >= 0.3 is 5.97 Å². The maximum Gasteiger partial charge on any atom is 0.341 e. The van der Waals surface area contributed by atoms with Gasteiger partial charge in [-0.3, -0.25) is 14.9 Å². The van der Waals surface area contributed by atoms with Crippen molar-refractivity contribution in [2.24, 2.45) is 0 Å². The van der Waals surface area contributed by atoms with Crippen molar-refractivity contribution < 1.29 is 24.0 Å². The fraction of sp³-hybridized carbons (Fsp3) is 0.440. The number of hydrogen-bond donors (Lipinski definition) is 1. The second kappa shape index (κ2) is 11.1. The highest BCUT2D eigenvalue weighted by Gasteiger charge is 2.24. The van der Waals surface area contributed by atoms with Crippen LogP contribution in [0.2, 0.25) is 0 Å². The first-order valence-electron chi connectivity index (χ1n) is 11.4. The minimum Gasteiger partial charge on any atom is -0.452 e. The molecular weight excluding hydrogens is 438 g/mol. The molecule has 0 unspecified atom stereocenters. The van der Waals surface area contributed by atoms with Crippen molar-refractivity contribution in [3.05, 3.63) is 63.2 Å². The van der Waals surface area contributed by atoms with Gasteiger partial charge in [0.1, 0.15) is 0 Å². The van der Waals surface area contributed by atoms with Crippen molar-refractivity contribution >= 4 is 28.9 Å². The van der Waals surface area contributed by atoms with Gasteiger partial charge in [0.25, 0.3) is 11.6 Å². The highest BCUT2D eigenvalue weighted by molar-refractivity contribution is 5.99. The van der Waals surface area contributed by atoms with Crippen LogP contribution in [0.25, 0.3) is 0 Å². The summed E-state index contributed by atoms with van der Waals surface area (Å²) in [6.07, 6.45) is 0. The second-order valence-corrected chi connectivity index (χ2v) is 8.80. The van der Waals surface area contributed by atoms with E-state index < -0.39 is 23.4 Å². The highest BCUT2D eigenvalue weighted by atomic mass is 16.6. The summed E-state index contributed by atoms with van der Waals surface area (Å²) in [6, 6.07) is 9.98. The predicted octanol–water partition coefficient (Wildman–Crippen LogP) is 4.47. The molecule has 34 heavy (non-hydrogen) atoms. The fourth-order valence-electron chi connectivity index (χ4n) is 3.96. The van der Waals surface area contributed by atoms with E-state index in [4.69, 9.17) is 9.47 Å². The van der Waals surface area contributed by atoms with Gasteiger partial charge in [-0.25, -0.2) is 4.79 Å². The maximum absolute atomic E-state index is 12.9. The SMILES string of the molecule is CC(C)c1cccc(C(C)C)c1NC(=O)COC(=O)c1cc([N+](=O)[O-])ccc1N1CCOCC1. The zero-order valence-electron chi connectivity index (χ0n) is 20.0. The van der Waals surface area contributed by atoms with Gasteiger partial charge in [0, 0.05) is 30.9 Å². The molecule has 0 radical (unpaired) electrons. The van der Waals surface area contributed by atoms with E-state index in [-0.39, 0.29) is 23.1 Å². The number of nitro groups is 1. The van der Waals surface area contributed by atoms with E-state index in [1.54, 1.807) is 0 Å². The Morgan fingerprint density at radius 3 is 2.26 bits per heavy atom. The average Bonchev–Trinajstić information content (AvgIpc) is 2.82. The van der Waals surface area contributed by atoms with Crippen LogP contribution in [0.5, 0.6) is 0 Å². The van der Waals surface area contributed by atoms with Gasteiger partial charge in [0.05, 0.1) is 29.4 Å². The monoisotopic (exact) mass is 469 g/mol. The van der Waals surface area contributed by atoms with E-state index in [1.165, 1.54) is 18.2 Å². The van der Waals surface area contributed by atoms with Crippen LogP contribution in [0, 0.1) is 10.1 Å². The minimum absolute atomic E-state index is 0.0503. The summed E-state index contributed by atoms with van der Waals surface area (Å²) >= 11 is 0. The Bertz CT molecular complexity index is 1030. The minimum atomic E-state index is -0.790. The molecule has 0 saturated carbocycles. The van der Waals surface area contributed by atoms with Crippen molar-refractivity contribution in [3.63, 3.8) is 0 Å². The number of morpholine rings is 1. The van der Waals surface area contributed by atoms with Crippen LogP contribution < -0.4 is 10.2 Å². The quantitative estimate of drug-likeness (QED) is 0.345. The van der Waals surface area contributed by atoms with E-state index >= 15 is 0 Å². The molecule has 3 rings (SSSR count). The molecule has 1 heterocycles. The van der Waals surface area contributed by atoms with Gasteiger partial charge in [0.15, 0.2) is 6.61 Å². The molecule has 0 aromatic heterocycles. The molecule has 1 saturated heterocycles. The molecule has 0 spiro atoms. The molecule has 0 atom stereocenters. The Labute approximate surface area is 199 Å². The molecule has 1 aliphatic rings. The van der Waals surface area contributed by atoms with E-state index in [1.807, 2.05) is 50.8 Å². The number of nitrogens with zero attached hydrogens (tertiary/aromatic N) is 2. The molecule has 2 aromatic rings. The predicted molar refractivity (Wildman–Crippen MR) is 130 cm³/mol. The van der Waals surface area contributed by atoms with Crippen LogP contribution in [-0.4, -0.2) is 49.7 Å². The fourth-order valence-corrected chi connectivity index (χ4v) is 3.96. The van der Waals surface area contributed by atoms with Crippen LogP contribution in [0.15, 0.2) is 36.4 Å². The lowest BCUT2D eigenvalue weighted by Crippen LogP contribution is -2.37. The summed E-state index contributed by atoms with van der Waals surface area (Å²) in [4.78, 5) is 38.3. The van der Waals surface area contributed by atoms with Gasteiger partial charge < -0.3 is 19.7 Å². The number of hydrogen-bond acceptors (Lipinski definition) is 7. The third kappa shape index (κ3) is 5.91. The lowest BCUT2D eigenvalue weighted by atomic mass is 9.92. The van der Waals surface area contributed by atoms with Crippen molar-refractivity contribution in [2.45, 2.75) is 39.5 Å². The van der Waals surface area contributed by atoms with Gasteiger partial charge in [-0.1, -0.05) is 45.9 Å². The van der Waals surface area contributed by atoms with Crippen LogP contribution >= 0.6 is 0 Å². The molecule has 1 aliphatic heterocycles. The second-order valence-electron chi connectivity index (χ2n) is 8.80. The molecule has 9 heteroatoms. The van der Waals surface area contributed by atoms with E-state index in [0.29, 0.717) is 32.0 Å². The lowest BCUT2D eigenvalue weighted by Gasteiger charge is -2.30. The number of carbonyl (C=O) groups is 2. The van der Waals surface area contributed by atoms with E-state index in [9.17, 15) is 19.7 Å². The standard InChI is InChI=1S/C25H31N3O6/c1-16(2)19-6-5-7-20(17(3)4)24(19)26-23(29)15-34-25(30)21-14-18(28(31)32)8-9-22(21)27-10-12-33-13-11-27/h5-9,14,16-17H,10-13,15H2,1-4H3,(H,26,29). The molecule has 1 N–H and O–H groups in total. The topological polar surface area (TPSA) is 111 Å². The third-order valence-electron chi connectivity index (χ3n) is 5.73. The number of esters is 1. The Morgan fingerprint density at radius 1 is 1.09 bits per heavy atom. The van der Waals surface area contributed by atoms with Gasteiger partial charge in [-0.2, -0.15) is 0 Å². The van der Waals surface area contributed by atoms with Crippen molar-refractivity contribution in [1.29, 1.82) is 0 Å². The summed E-state index contributed by atoms with van der Waals surface area (Å²) in [5, 5.41) is 14.2. The number of benzene rings is 2. The number of non-ortho nitro benzene ring substituents is 1. The molecule has 0 aliphatic carbocycles. The van der Waals surface area contributed by atoms with Gasteiger partial charge in [-0.15, -0.1) is 0 Å². The largest absolute Gasteiger partial charge is 0.452 e. The number of para-hydroxylation sites is 1. The molecule has 0 bridgehead atoms. The normalized spacial score (nSPS) is 13.8. The first kappa shape index (κ1) is 25.2. The smallest absolute Gasteiger partial charge is 0.341 e. The molecular formula is C25H31N3O6. The summed E-state index contributed by atoms with van der Waals surface area (Å²) in [6.45, 7) is 9.74.